The molecule has 0 amide bonds. The van der Waals surface area contributed by atoms with Crippen LogP contribution in [0.3, 0.4) is 0 Å². The van der Waals surface area contributed by atoms with Gasteiger partial charge in [0, 0.05) is 19.9 Å². The lowest BCUT2D eigenvalue weighted by molar-refractivity contribution is 0.175. The molecule has 1 fully saturated rings. The van der Waals surface area contributed by atoms with Crippen LogP contribution in [0.4, 0.5) is 0 Å². The summed E-state index contributed by atoms with van der Waals surface area (Å²) in [6, 6.07) is 3.83. The van der Waals surface area contributed by atoms with E-state index in [1.165, 1.54) is 0 Å². The van der Waals surface area contributed by atoms with Gasteiger partial charge in [0.2, 0.25) is 0 Å². The van der Waals surface area contributed by atoms with Crippen LogP contribution in [0.5, 0.6) is 0 Å². The maximum absolute atomic E-state index is 6.31. The standard InChI is InChI=1S/C11H14N4O/c1-15-9-8(3-2-5-13-9)14-10(15)11(12)4-6-16-7-11/h2-3,5H,4,6-7,12H2,1H3. The monoisotopic (exact) mass is 218 g/mol. The zero-order valence-corrected chi connectivity index (χ0v) is 9.18. The summed E-state index contributed by atoms with van der Waals surface area (Å²) in [6.45, 7) is 1.23. The van der Waals surface area contributed by atoms with E-state index in [1.54, 1.807) is 6.20 Å². The van der Waals surface area contributed by atoms with Crippen LogP contribution in [0.1, 0.15) is 12.2 Å². The first-order chi connectivity index (χ1) is 7.71. The van der Waals surface area contributed by atoms with Gasteiger partial charge in [0.1, 0.15) is 16.9 Å². The number of aromatic nitrogens is 3. The van der Waals surface area contributed by atoms with E-state index in [1.807, 2.05) is 23.7 Å². The average molecular weight is 218 g/mol. The Morgan fingerprint density at radius 3 is 3.12 bits per heavy atom. The smallest absolute Gasteiger partial charge is 0.159 e. The highest BCUT2D eigenvalue weighted by Gasteiger charge is 2.36. The Labute approximate surface area is 93.2 Å². The number of rotatable bonds is 1. The van der Waals surface area contributed by atoms with Gasteiger partial charge in [0.05, 0.1) is 6.61 Å². The fraction of sp³-hybridized carbons (Fsp3) is 0.455. The van der Waals surface area contributed by atoms with Crippen LogP contribution in [0.25, 0.3) is 11.2 Å². The first-order valence-electron chi connectivity index (χ1n) is 5.35. The molecule has 3 heterocycles. The van der Waals surface area contributed by atoms with Gasteiger partial charge in [-0.2, -0.15) is 0 Å². The summed E-state index contributed by atoms with van der Waals surface area (Å²) in [6.07, 6.45) is 2.58. The molecule has 1 saturated heterocycles. The molecule has 5 nitrogen and oxygen atoms in total. The van der Waals surface area contributed by atoms with E-state index in [0.29, 0.717) is 13.2 Å². The molecule has 1 aliphatic heterocycles. The molecule has 2 N–H and O–H groups in total. The molecule has 2 aromatic heterocycles. The number of hydrogen-bond acceptors (Lipinski definition) is 4. The van der Waals surface area contributed by atoms with Crippen LogP contribution in [-0.2, 0) is 17.3 Å². The molecule has 2 aromatic rings. The molecule has 1 aliphatic rings. The van der Waals surface area contributed by atoms with Gasteiger partial charge in [-0.25, -0.2) is 9.97 Å². The summed E-state index contributed by atoms with van der Waals surface area (Å²) in [5, 5.41) is 0. The van der Waals surface area contributed by atoms with Crippen LogP contribution < -0.4 is 5.73 Å². The second kappa shape index (κ2) is 3.26. The number of nitrogens with two attached hydrogens (primary N) is 1. The summed E-state index contributed by atoms with van der Waals surface area (Å²) in [5.74, 6) is 0.860. The van der Waals surface area contributed by atoms with Crippen LogP contribution >= 0.6 is 0 Å². The SMILES string of the molecule is Cn1c(C2(N)CCOC2)nc2cccnc21. The molecule has 5 heteroatoms. The van der Waals surface area contributed by atoms with Gasteiger partial charge >= 0.3 is 0 Å². The third kappa shape index (κ3) is 1.25. The van der Waals surface area contributed by atoms with E-state index >= 15 is 0 Å². The third-order valence-corrected chi connectivity index (χ3v) is 3.13. The number of fused-ring (bicyclic) bond motifs is 1. The van der Waals surface area contributed by atoms with Gasteiger partial charge in [-0.15, -0.1) is 0 Å². The lowest BCUT2D eigenvalue weighted by Gasteiger charge is -2.20. The largest absolute Gasteiger partial charge is 0.379 e. The van der Waals surface area contributed by atoms with E-state index in [-0.39, 0.29) is 0 Å². The third-order valence-electron chi connectivity index (χ3n) is 3.13. The average Bonchev–Trinajstić information content (AvgIpc) is 2.86. The molecule has 1 atom stereocenters. The predicted molar refractivity (Wildman–Crippen MR) is 59.8 cm³/mol. The molecule has 0 aromatic carbocycles. The molecule has 0 bridgehead atoms. The number of ether oxygens (including phenoxy) is 1. The number of aryl methyl sites for hydroxylation is 1. The van der Waals surface area contributed by atoms with Crippen LogP contribution in [-0.4, -0.2) is 27.7 Å². The topological polar surface area (TPSA) is 66.0 Å². The van der Waals surface area contributed by atoms with Gasteiger partial charge in [0.15, 0.2) is 5.65 Å². The quantitative estimate of drug-likeness (QED) is 0.758. The second-order valence-electron chi connectivity index (χ2n) is 4.30. The highest BCUT2D eigenvalue weighted by atomic mass is 16.5. The van der Waals surface area contributed by atoms with Crippen molar-refractivity contribution in [2.24, 2.45) is 12.8 Å². The van der Waals surface area contributed by atoms with E-state index in [9.17, 15) is 0 Å². The summed E-state index contributed by atoms with van der Waals surface area (Å²) < 4.78 is 7.33. The van der Waals surface area contributed by atoms with Gasteiger partial charge < -0.3 is 15.0 Å². The van der Waals surface area contributed by atoms with Gasteiger partial charge in [-0.3, -0.25) is 0 Å². The van der Waals surface area contributed by atoms with Crippen molar-refractivity contribution in [2.75, 3.05) is 13.2 Å². The minimum atomic E-state index is -0.463. The first-order valence-corrected chi connectivity index (χ1v) is 5.35. The molecule has 0 aliphatic carbocycles. The number of imidazole rings is 1. The normalized spacial score (nSPS) is 25.4. The lowest BCUT2D eigenvalue weighted by Crippen LogP contribution is -2.39. The van der Waals surface area contributed by atoms with E-state index < -0.39 is 5.54 Å². The molecule has 0 saturated carbocycles. The highest BCUT2D eigenvalue weighted by molar-refractivity contribution is 5.71. The number of hydrogen-bond donors (Lipinski definition) is 1. The Morgan fingerprint density at radius 1 is 1.56 bits per heavy atom. The molecule has 16 heavy (non-hydrogen) atoms. The molecule has 84 valence electrons. The number of nitrogens with zero attached hydrogens (tertiary/aromatic N) is 3. The predicted octanol–water partition coefficient (Wildman–Crippen LogP) is 0.543. The van der Waals surface area contributed by atoms with Crippen molar-refractivity contribution in [1.29, 1.82) is 0 Å². The first kappa shape index (κ1) is 9.74. The Balaban J connectivity index is 2.20. The van der Waals surface area contributed by atoms with Gasteiger partial charge in [-0.05, 0) is 18.6 Å². The van der Waals surface area contributed by atoms with E-state index in [4.69, 9.17) is 10.5 Å². The molecule has 1 unspecified atom stereocenters. The van der Waals surface area contributed by atoms with Crippen molar-refractivity contribution in [3.63, 3.8) is 0 Å². The van der Waals surface area contributed by atoms with E-state index in [2.05, 4.69) is 9.97 Å². The second-order valence-corrected chi connectivity index (χ2v) is 4.30. The minimum Gasteiger partial charge on any atom is -0.379 e. The number of pyridine rings is 1. The van der Waals surface area contributed by atoms with Gasteiger partial charge in [0.25, 0.3) is 0 Å². The van der Waals surface area contributed by atoms with Gasteiger partial charge in [-0.1, -0.05) is 0 Å². The zero-order valence-electron chi connectivity index (χ0n) is 9.18. The fourth-order valence-corrected chi connectivity index (χ4v) is 2.23. The molecule has 3 rings (SSSR count). The van der Waals surface area contributed by atoms with Crippen molar-refractivity contribution in [3.8, 4) is 0 Å². The fourth-order valence-electron chi connectivity index (χ4n) is 2.23. The highest BCUT2D eigenvalue weighted by Crippen LogP contribution is 2.28. The molecule has 0 radical (unpaired) electrons. The maximum Gasteiger partial charge on any atom is 0.159 e. The summed E-state index contributed by atoms with van der Waals surface area (Å²) >= 11 is 0. The maximum atomic E-state index is 6.31. The molecular formula is C11H14N4O. The zero-order chi connectivity index (χ0) is 11.2. The van der Waals surface area contributed by atoms with Crippen molar-refractivity contribution < 1.29 is 4.74 Å². The van der Waals surface area contributed by atoms with Crippen molar-refractivity contribution in [1.82, 2.24) is 14.5 Å². The van der Waals surface area contributed by atoms with E-state index in [0.717, 1.165) is 23.4 Å². The van der Waals surface area contributed by atoms with Crippen molar-refractivity contribution in [3.05, 3.63) is 24.2 Å². The Morgan fingerprint density at radius 2 is 2.44 bits per heavy atom. The lowest BCUT2D eigenvalue weighted by atomic mass is 9.99. The van der Waals surface area contributed by atoms with Crippen LogP contribution in [0.15, 0.2) is 18.3 Å². The Kier molecular flexibility index (Phi) is 1.99. The molecular weight excluding hydrogens is 204 g/mol. The Bertz CT molecular complexity index is 528. The van der Waals surface area contributed by atoms with Crippen LogP contribution in [0.2, 0.25) is 0 Å². The minimum absolute atomic E-state index is 0.463. The van der Waals surface area contributed by atoms with Crippen LogP contribution in [0, 0.1) is 0 Å². The summed E-state index contributed by atoms with van der Waals surface area (Å²) in [5.41, 5.74) is 7.60. The van der Waals surface area contributed by atoms with Crippen molar-refractivity contribution in [2.45, 2.75) is 12.0 Å². The summed E-state index contributed by atoms with van der Waals surface area (Å²) in [7, 11) is 1.95. The summed E-state index contributed by atoms with van der Waals surface area (Å²) in [4.78, 5) is 8.87. The Hall–Kier alpha value is -1.46. The molecule has 0 spiro atoms. The van der Waals surface area contributed by atoms with Crippen molar-refractivity contribution >= 4 is 11.2 Å².